The van der Waals surface area contributed by atoms with Crippen molar-refractivity contribution in [2.45, 2.75) is 22.6 Å². The van der Waals surface area contributed by atoms with E-state index in [1.54, 1.807) is 42.6 Å². The first-order chi connectivity index (χ1) is 15.2. The summed E-state index contributed by atoms with van der Waals surface area (Å²) in [7, 11) is -6.88. The predicted octanol–water partition coefficient (Wildman–Crippen LogP) is 2.77. The molecule has 4 rings (SSSR count). The van der Waals surface area contributed by atoms with Gasteiger partial charge < -0.3 is 10.6 Å². The number of nitrogens with one attached hydrogen (secondary N) is 3. The summed E-state index contributed by atoms with van der Waals surface area (Å²) in [6, 6.07) is 13.0. The van der Waals surface area contributed by atoms with Gasteiger partial charge in [0.1, 0.15) is 5.82 Å². The number of fused-ring (bicyclic) bond motifs is 4. The second-order valence-corrected chi connectivity index (χ2v) is 11.2. The third-order valence-corrected chi connectivity index (χ3v) is 7.56. The fourth-order valence-electron chi connectivity index (χ4n) is 3.29. The van der Waals surface area contributed by atoms with Crippen molar-refractivity contribution in [1.82, 2.24) is 14.7 Å². The van der Waals surface area contributed by atoms with Crippen LogP contribution in [0.25, 0.3) is 11.1 Å². The summed E-state index contributed by atoms with van der Waals surface area (Å²) in [5, 5.41) is 6.34. The summed E-state index contributed by atoms with van der Waals surface area (Å²) in [4.78, 5) is 9.36. The molecule has 4 bridgehead atoms. The molecule has 0 saturated heterocycles. The molecule has 3 N–H and O–H groups in total. The van der Waals surface area contributed by atoms with Crippen LogP contribution in [0.2, 0.25) is 0 Å². The molecule has 0 radical (unpaired) electrons. The Balaban J connectivity index is 1.72. The quantitative estimate of drug-likeness (QED) is 0.518. The van der Waals surface area contributed by atoms with E-state index in [0.29, 0.717) is 37.0 Å². The van der Waals surface area contributed by atoms with Crippen LogP contribution in [0, 0.1) is 0 Å². The van der Waals surface area contributed by atoms with E-state index in [1.807, 2.05) is 0 Å². The minimum atomic E-state index is -3.59. The molecule has 2 heterocycles. The molecule has 0 atom stereocenters. The fraction of sp³-hybridized carbons (Fsp3) is 0.238. The number of benzene rings is 2. The first-order valence-electron chi connectivity index (χ1n) is 10.0. The number of aromatic nitrogens is 2. The van der Waals surface area contributed by atoms with E-state index in [-0.39, 0.29) is 9.79 Å². The maximum absolute atomic E-state index is 12.5. The summed E-state index contributed by atoms with van der Waals surface area (Å²) in [6.07, 6.45) is 4.20. The van der Waals surface area contributed by atoms with Crippen molar-refractivity contribution in [3.8, 4) is 11.1 Å². The van der Waals surface area contributed by atoms with Gasteiger partial charge >= 0.3 is 0 Å². The highest BCUT2D eigenvalue weighted by Crippen LogP contribution is 2.29. The van der Waals surface area contributed by atoms with Gasteiger partial charge in [0.05, 0.1) is 9.79 Å². The maximum Gasteiger partial charge on any atom is 0.240 e. The van der Waals surface area contributed by atoms with Gasteiger partial charge in [-0.3, -0.25) is 0 Å². The first-order valence-corrected chi connectivity index (χ1v) is 13.4. The number of sulfone groups is 1. The molecule has 0 amide bonds. The molecule has 0 aliphatic carbocycles. The van der Waals surface area contributed by atoms with Crippen molar-refractivity contribution >= 4 is 37.3 Å². The standard InChI is InChI=1S/C21H23N5O4S2/c1-31(27,28)17-9-7-15(8-10-17)19-14-23-21-25-16-5-4-6-18(13-16)32(29,30)24-12-3-2-11-22-20(19)26-21/h4-10,13-14,24H,2-3,11-12H2,1H3,(H2,22,23,25,26). The van der Waals surface area contributed by atoms with Crippen molar-refractivity contribution < 1.29 is 16.8 Å². The van der Waals surface area contributed by atoms with Crippen LogP contribution in [-0.4, -0.2) is 46.1 Å². The van der Waals surface area contributed by atoms with Crippen LogP contribution < -0.4 is 15.4 Å². The lowest BCUT2D eigenvalue weighted by Crippen LogP contribution is -2.25. The maximum atomic E-state index is 12.5. The average molecular weight is 474 g/mol. The van der Waals surface area contributed by atoms with Crippen LogP contribution >= 0.6 is 0 Å². The molecule has 0 saturated carbocycles. The van der Waals surface area contributed by atoms with Crippen LogP contribution in [0.5, 0.6) is 0 Å². The van der Waals surface area contributed by atoms with E-state index < -0.39 is 19.9 Å². The molecule has 0 fully saturated rings. The van der Waals surface area contributed by atoms with Crippen LogP contribution in [0.1, 0.15) is 12.8 Å². The Morgan fingerprint density at radius 3 is 2.50 bits per heavy atom. The number of rotatable bonds is 2. The Labute approximate surface area is 187 Å². The van der Waals surface area contributed by atoms with Crippen LogP contribution in [0.15, 0.2) is 64.5 Å². The SMILES string of the molecule is CS(=O)(=O)c1ccc(-c2cnc3nc2NCCCCNS(=O)(=O)c2cccc(c2)N3)cc1. The molecule has 168 valence electrons. The number of hydrogen-bond acceptors (Lipinski definition) is 8. The van der Waals surface area contributed by atoms with E-state index in [0.717, 1.165) is 17.5 Å². The first kappa shape index (κ1) is 22.2. The van der Waals surface area contributed by atoms with Crippen LogP contribution in [0.3, 0.4) is 0 Å². The monoisotopic (exact) mass is 473 g/mol. The topological polar surface area (TPSA) is 130 Å². The summed E-state index contributed by atoms with van der Waals surface area (Å²) in [6.45, 7) is 0.911. The molecule has 0 spiro atoms. The Bertz CT molecular complexity index is 1340. The number of anilines is 3. The highest BCUT2D eigenvalue weighted by molar-refractivity contribution is 7.90. The average Bonchev–Trinajstić information content (AvgIpc) is 2.75. The smallest absolute Gasteiger partial charge is 0.240 e. The lowest BCUT2D eigenvalue weighted by Gasteiger charge is -2.15. The van der Waals surface area contributed by atoms with Gasteiger partial charge in [-0.15, -0.1) is 0 Å². The molecule has 32 heavy (non-hydrogen) atoms. The van der Waals surface area contributed by atoms with Crippen molar-refractivity contribution in [3.63, 3.8) is 0 Å². The zero-order valence-electron chi connectivity index (χ0n) is 17.4. The van der Waals surface area contributed by atoms with Crippen molar-refractivity contribution in [2.24, 2.45) is 0 Å². The van der Waals surface area contributed by atoms with Gasteiger partial charge in [-0.25, -0.2) is 26.5 Å². The van der Waals surface area contributed by atoms with Gasteiger partial charge in [-0.2, -0.15) is 4.98 Å². The second kappa shape index (κ2) is 8.85. The lowest BCUT2D eigenvalue weighted by atomic mass is 10.1. The summed E-state index contributed by atoms with van der Waals surface area (Å²) >= 11 is 0. The normalized spacial score (nSPS) is 16.3. The minimum absolute atomic E-state index is 0.167. The Morgan fingerprint density at radius 2 is 1.75 bits per heavy atom. The van der Waals surface area contributed by atoms with E-state index in [1.165, 1.54) is 18.4 Å². The zero-order chi connectivity index (χ0) is 22.8. The Kier molecular flexibility index (Phi) is 6.13. The van der Waals surface area contributed by atoms with Crippen molar-refractivity contribution in [3.05, 3.63) is 54.7 Å². The Morgan fingerprint density at radius 1 is 1.00 bits per heavy atom. The molecule has 1 aliphatic heterocycles. The zero-order valence-corrected chi connectivity index (χ0v) is 19.0. The largest absolute Gasteiger partial charge is 0.369 e. The van der Waals surface area contributed by atoms with Crippen molar-refractivity contribution in [2.75, 3.05) is 30.0 Å². The van der Waals surface area contributed by atoms with Gasteiger partial charge in [0.15, 0.2) is 9.84 Å². The number of hydrogen-bond donors (Lipinski definition) is 3. The molecular formula is C21H23N5O4S2. The lowest BCUT2D eigenvalue weighted by molar-refractivity contribution is 0.577. The summed E-state index contributed by atoms with van der Waals surface area (Å²) in [5.41, 5.74) is 2.06. The molecule has 1 aliphatic rings. The molecule has 0 unspecified atom stereocenters. The summed E-state index contributed by atoms with van der Waals surface area (Å²) in [5.74, 6) is 0.909. The van der Waals surface area contributed by atoms with Gasteiger partial charge in [0, 0.05) is 36.8 Å². The minimum Gasteiger partial charge on any atom is -0.369 e. The molecule has 3 aromatic rings. The highest BCUT2D eigenvalue weighted by Gasteiger charge is 2.16. The van der Waals surface area contributed by atoms with Gasteiger partial charge in [-0.05, 0) is 48.7 Å². The third kappa shape index (κ3) is 5.06. The van der Waals surface area contributed by atoms with Gasteiger partial charge in [0.2, 0.25) is 16.0 Å². The molecule has 1 aromatic heterocycles. The van der Waals surface area contributed by atoms with Gasteiger partial charge in [-0.1, -0.05) is 18.2 Å². The molecule has 2 aromatic carbocycles. The summed E-state index contributed by atoms with van der Waals surface area (Å²) < 4.78 is 51.1. The van der Waals surface area contributed by atoms with E-state index in [4.69, 9.17) is 0 Å². The molecular weight excluding hydrogens is 450 g/mol. The second-order valence-electron chi connectivity index (χ2n) is 7.44. The van der Waals surface area contributed by atoms with Crippen molar-refractivity contribution in [1.29, 1.82) is 0 Å². The van der Waals surface area contributed by atoms with Crippen LogP contribution in [-0.2, 0) is 19.9 Å². The predicted molar refractivity (Wildman–Crippen MR) is 123 cm³/mol. The third-order valence-electron chi connectivity index (χ3n) is 4.97. The highest BCUT2D eigenvalue weighted by atomic mass is 32.2. The van der Waals surface area contributed by atoms with E-state index in [2.05, 4.69) is 25.3 Å². The van der Waals surface area contributed by atoms with Crippen LogP contribution in [0.4, 0.5) is 17.5 Å². The van der Waals surface area contributed by atoms with E-state index >= 15 is 0 Å². The van der Waals surface area contributed by atoms with E-state index in [9.17, 15) is 16.8 Å². The molecule has 11 heteroatoms. The number of nitrogens with zero attached hydrogens (tertiary/aromatic N) is 2. The fourth-order valence-corrected chi connectivity index (χ4v) is 5.04. The van der Waals surface area contributed by atoms with Gasteiger partial charge in [0.25, 0.3) is 0 Å². The molecule has 9 nitrogen and oxygen atoms in total. The Hall–Kier alpha value is -3.02. The number of sulfonamides is 1.